The molecule has 4 rings (SSSR count). The largest absolute Gasteiger partial charge is 0.418 e. The van der Waals surface area contributed by atoms with Crippen LogP contribution in [0.1, 0.15) is 51.6 Å². The van der Waals surface area contributed by atoms with Crippen LogP contribution in [-0.2, 0) is 22.9 Å². The molecule has 6 nitrogen and oxygen atoms in total. The Labute approximate surface area is 214 Å². The molecule has 1 aromatic carbocycles. The molecule has 0 radical (unpaired) electrons. The van der Waals surface area contributed by atoms with Gasteiger partial charge in [0.1, 0.15) is 18.1 Å². The quantitative estimate of drug-likeness (QED) is 0.281. The Hall–Kier alpha value is -3.59. The van der Waals surface area contributed by atoms with E-state index in [1.807, 2.05) is 26.0 Å². The number of halogens is 3. The Balaban J connectivity index is 1.77. The predicted octanol–water partition coefficient (Wildman–Crippen LogP) is 7.32. The number of fused-ring (bicyclic) bond motifs is 1. The topological polar surface area (TPSA) is 72.8 Å². The van der Waals surface area contributed by atoms with Gasteiger partial charge in [-0.25, -0.2) is 15.0 Å². The first-order valence-corrected chi connectivity index (χ1v) is 12.1. The first-order valence-electron chi connectivity index (χ1n) is 12.1. The number of nitrogens with zero attached hydrogens (tertiary/aromatic N) is 4. The van der Waals surface area contributed by atoms with Crippen LogP contribution in [0.5, 0.6) is 0 Å². The van der Waals surface area contributed by atoms with E-state index in [-0.39, 0.29) is 29.1 Å². The number of nitrogens with one attached hydrogen (secondary N) is 1. The van der Waals surface area contributed by atoms with Crippen LogP contribution in [0.3, 0.4) is 0 Å². The zero-order chi connectivity index (χ0) is 26.8. The van der Waals surface area contributed by atoms with E-state index in [1.54, 1.807) is 6.07 Å². The molecule has 194 valence electrons. The number of hydrogen-bond acceptors (Lipinski definition) is 6. The van der Waals surface area contributed by atoms with Gasteiger partial charge in [-0.3, -0.25) is 4.98 Å². The van der Waals surface area contributed by atoms with Crippen LogP contribution >= 0.6 is 0 Å². The van der Waals surface area contributed by atoms with Gasteiger partial charge >= 0.3 is 6.18 Å². The van der Waals surface area contributed by atoms with Crippen molar-refractivity contribution < 1.29 is 17.9 Å². The summed E-state index contributed by atoms with van der Waals surface area (Å²) < 4.78 is 46.5. The monoisotopic (exact) mass is 509 g/mol. The summed E-state index contributed by atoms with van der Waals surface area (Å²) >= 11 is 0. The normalized spacial score (nSPS) is 12.4. The fourth-order valence-corrected chi connectivity index (χ4v) is 3.76. The number of aromatic nitrogens is 4. The third-order valence-electron chi connectivity index (χ3n) is 5.66. The maximum absolute atomic E-state index is 13.6. The summed E-state index contributed by atoms with van der Waals surface area (Å²) in [6.07, 6.45) is -3.25. The molecule has 0 unspecified atom stereocenters. The number of alkyl halides is 3. The van der Waals surface area contributed by atoms with E-state index in [0.717, 1.165) is 11.8 Å². The van der Waals surface area contributed by atoms with E-state index in [9.17, 15) is 13.2 Å². The number of hydrogen-bond donors (Lipinski definition) is 1. The van der Waals surface area contributed by atoms with Crippen LogP contribution in [-0.4, -0.2) is 26.5 Å². The average Bonchev–Trinajstić information content (AvgIpc) is 2.83. The van der Waals surface area contributed by atoms with Gasteiger partial charge in [-0.1, -0.05) is 46.8 Å². The van der Waals surface area contributed by atoms with Crippen molar-refractivity contribution in [1.29, 1.82) is 0 Å². The summed E-state index contributed by atoms with van der Waals surface area (Å²) in [5, 5.41) is 3.89. The highest BCUT2D eigenvalue weighted by Crippen LogP contribution is 2.36. The van der Waals surface area contributed by atoms with E-state index in [0.29, 0.717) is 29.6 Å². The number of ether oxygens (including phenoxy) is 1. The third kappa shape index (κ3) is 6.40. The molecule has 4 aromatic rings. The molecule has 9 heteroatoms. The van der Waals surface area contributed by atoms with Crippen molar-refractivity contribution in [2.75, 3.05) is 11.9 Å². The molecule has 0 aliphatic rings. The second-order valence-corrected chi connectivity index (χ2v) is 10.3. The highest BCUT2D eigenvalue weighted by atomic mass is 19.4. The lowest BCUT2D eigenvalue weighted by molar-refractivity contribution is -0.137. The summed E-state index contributed by atoms with van der Waals surface area (Å²) in [6, 6.07) is 13.5. The van der Waals surface area contributed by atoms with Crippen LogP contribution in [0, 0.1) is 5.92 Å². The molecule has 0 fully saturated rings. The van der Waals surface area contributed by atoms with Gasteiger partial charge in [0.25, 0.3) is 0 Å². The molecule has 0 aliphatic heterocycles. The molecule has 1 N–H and O–H groups in total. The smallest absolute Gasteiger partial charge is 0.373 e. The van der Waals surface area contributed by atoms with Crippen molar-refractivity contribution in [2.24, 2.45) is 5.92 Å². The van der Waals surface area contributed by atoms with Crippen LogP contribution in [0.4, 0.5) is 24.7 Å². The Kier molecular flexibility index (Phi) is 7.45. The number of pyridine rings is 2. The molecule has 3 aromatic heterocycles. The fraction of sp³-hybridized carbons (Fsp3) is 0.357. The SMILES string of the molecule is CC(C)COCc1nc(Nc2ccc(C(C)(C)C)cc2)c2ccc(-c3ncccc3C(F)(F)F)nc2n1. The Morgan fingerprint density at radius 2 is 1.65 bits per heavy atom. The van der Waals surface area contributed by atoms with Gasteiger partial charge in [0, 0.05) is 18.5 Å². The number of rotatable bonds is 7. The zero-order valence-electron chi connectivity index (χ0n) is 21.5. The molecule has 0 spiro atoms. The minimum Gasteiger partial charge on any atom is -0.373 e. The van der Waals surface area contributed by atoms with E-state index < -0.39 is 11.7 Å². The zero-order valence-corrected chi connectivity index (χ0v) is 21.5. The van der Waals surface area contributed by atoms with Crippen molar-refractivity contribution in [3.05, 3.63) is 71.7 Å². The van der Waals surface area contributed by atoms with Crippen LogP contribution in [0.2, 0.25) is 0 Å². The average molecular weight is 510 g/mol. The van der Waals surface area contributed by atoms with Crippen molar-refractivity contribution in [3.63, 3.8) is 0 Å². The molecule has 0 amide bonds. The van der Waals surface area contributed by atoms with Gasteiger partial charge in [0.2, 0.25) is 0 Å². The van der Waals surface area contributed by atoms with E-state index in [4.69, 9.17) is 4.74 Å². The van der Waals surface area contributed by atoms with Crippen molar-refractivity contribution >= 4 is 22.5 Å². The molecular weight excluding hydrogens is 479 g/mol. The summed E-state index contributed by atoms with van der Waals surface area (Å²) in [7, 11) is 0. The van der Waals surface area contributed by atoms with E-state index in [1.165, 1.54) is 23.9 Å². The van der Waals surface area contributed by atoms with E-state index >= 15 is 0 Å². The van der Waals surface area contributed by atoms with Gasteiger partial charge in [0.15, 0.2) is 11.5 Å². The minimum atomic E-state index is -4.56. The third-order valence-corrected chi connectivity index (χ3v) is 5.66. The Morgan fingerprint density at radius 1 is 0.919 bits per heavy atom. The molecular formula is C28H30F3N5O. The van der Waals surface area contributed by atoms with Crippen LogP contribution in [0.25, 0.3) is 22.4 Å². The Morgan fingerprint density at radius 3 is 2.30 bits per heavy atom. The fourth-order valence-electron chi connectivity index (χ4n) is 3.76. The Bertz CT molecular complexity index is 1380. The summed E-state index contributed by atoms with van der Waals surface area (Å²) in [6.45, 7) is 11.2. The first kappa shape index (κ1) is 26.5. The van der Waals surface area contributed by atoms with Gasteiger partial charge in [-0.15, -0.1) is 0 Å². The molecule has 3 heterocycles. The van der Waals surface area contributed by atoms with Crippen LogP contribution in [0.15, 0.2) is 54.7 Å². The summed E-state index contributed by atoms with van der Waals surface area (Å²) in [5.41, 5.74) is 1.25. The minimum absolute atomic E-state index is 0.0160. The second-order valence-electron chi connectivity index (χ2n) is 10.3. The molecule has 0 aliphatic carbocycles. The van der Waals surface area contributed by atoms with E-state index in [2.05, 4.69) is 58.2 Å². The molecule has 0 bridgehead atoms. The highest BCUT2D eigenvalue weighted by molar-refractivity contribution is 5.90. The standard InChI is InChI=1S/C28H30F3N5O/c1-17(2)15-37-16-23-35-25(33-19-10-8-18(9-11-19)27(3,4)5)20-12-13-22(34-26(20)36-23)24-21(28(29,30)31)7-6-14-32-24/h6-14,17H,15-16H2,1-5H3,(H,33,34,35,36). The lowest BCUT2D eigenvalue weighted by Gasteiger charge is -2.19. The van der Waals surface area contributed by atoms with Gasteiger partial charge in [-0.2, -0.15) is 13.2 Å². The van der Waals surface area contributed by atoms with Crippen LogP contribution < -0.4 is 5.32 Å². The van der Waals surface area contributed by atoms with Gasteiger partial charge in [-0.05, 0) is 53.3 Å². The van der Waals surface area contributed by atoms with Crippen molar-refractivity contribution in [1.82, 2.24) is 19.9 Å². The number of anilines is 2. The van der Waals surface area contributed by atoms with Crippen molar-refractivity contribution in [2.45, 2.75) is 52.8 Å². The van der Waals surface area contributed by atoms with Gasteiger partial charge < -0.3 is 10.1 Å². The van der Waals surface area contributed by atoms with Gasteiger partial charge in [0.05, 0.1) is 16.6 Å². The lowest BCUT2D eigenvalue weighted by atomic mass is 9.87. The second kappa shape index (κ2) is 10.4. The maximum Gasteiger partial charge on any atom is 0.418 e. The molecule has 0 saturated carbocycles. The molecule has 37 heavy (non-hydrogen) atoms. The lowest BCUT2D eigenvalue weighted by Crippen LogP contribution is -2.11. The highest BCUT2D eigenvalue weighted by Gasteiger charge is 2.34. The predicted molar refractivity (Wildman–Crippen MR) is 138 cm³/mol. The summed E-state index contributed by atoms with van der Waals surface area (Å²) in [4.78, 5) is 17.6. The molecule has 0 atom stereocenters. The number of benzene rings is 1. The summed E-state index contributed by atoms with van der Waals surface area (Å²) in [5.74, 6) is 1.20. The maximum atomic E-state index is 13.6. The first-order chi connectivity index (χ1) is 17.4. The van der Waals surface area contributed by atoms with Crippen molar-refractivity contribution in [3.8, 4) is 11.4 Å². The molecule has 0 saturated heterocycles.